The van der Waals surface area contributed by atoms with Gasteiger partial charge in [0.2, 0.25) is 15.9 Å². The molecular formula is C25H29FN2O4S. The predicted molar refractivity (Wildman–Crippen MR) is 123 cm³/mol. The molecule has 176 valence electrons. The van der Waals surface area contributed by atoms with Crippen molar-refractivity contribution in [2.24, 2.45) is 5.41 Å². The molecule has 2 heterocycles. The van der Waals surface area contributed by atoms with Crippen LogP contribution in [0.3, 0.4) is 0 Å². The monoisotopic (exact) mass is 472 g/mol. The van der Waals surface area contributed by atoms with Crippen molar-refractivity contribution in [2.75, 3.05) is 19.4 Å². The summed E-state index contributed by atoms with van der Waals surface area (Å²) < 4.78 is 48.3. The van der Waals surface area contributed by atoms with Crippen molar-refractivity contribution >= 4 is 15.9 Å². The van der Waals surface area contributed by atoms with Crippen molar-refractivity contribution in [2.45, 2.75) is 50.3 Å². The van der Waals surface area contributed by atoms with Gasteiger partial charge in [0.05, 0.1) is 24.8 Å². The number of benzene rings is 2. The lowest BCUT2D eigenvalue weighted by Crippen LogP contribution is -2.50. The highest BCUT2D eigenvalue weighted by molar-refractivity contribution is 7.88. The van der Waals surface area contributed by atoms with E-state index in [0.717, 1.165) is 31.1 Å². The normalized spacial score (nSPS) is 25.8. The molecule has 3 aliphatic rings. The molecule has 1 N–H and O–H groups in total. The van der Waals surface area contributed by atoms with E-state index in [1.54, 1.807) is 17.0 Å². The first kappa shape index (κ1) is 22.5. The van der Waals surface area contributed by atoms with Crippen molar-refractivity contribution in [3.8, 4) is 11.1 Å². The Morgan fingerprint density at radius 1 is 1.18 bits per heavy atom. The maximum Gasteiger partial charge on any atom is 0.225 e. The zero-order valence-corrected chi connectivity index (χ0v) is 19.5. The first-order valence-corrected chi connectivity index (χ1v) is 13.4. The molecule has 1 amide bonds. The van der Waals surface area contributed by atoms with E-state index in [9.17, 15) is 13.2 Å². The fraction of sp³-hybridized carbons (Fsp3) is 0.480. The van der Waals surface area contributed by atoms with E-state index in [1.807, 2.05) is 36.4 Å². The third kappa shape index (κ3) is 4.56. The van der Waals surface area contributed by atoms with Gasteiger partial charge in [0.25, 0.3) is 0 Å². The Morgan fingerprint density at radius 2 is 1.91 bits per heavy atom. The van der Waals surface area contributed by atoms with Gasteiger partial charge in [-0.2, -0.15) is 0 Å². The Balaban J connectivity index is 1.47. The van der Waals surface area contributed by atoms with Crippen LogP contribution >= 0.6 is 0 Å². The number of nitrogens with one attached hydrogen (secondary N) is 1. The predicted octanol–water partition coefficient (Wildman–Crippen LogP) is 3.12. The van der Waals surface area contributed by atoms with Gasteiger partial charge in [-0.15, -0.1) is 0 Å². The maximum atomic E-state index is 15.6. The molecule has 1 saturated carbocycles. The van der Waals surface area contributed by atoms with Gasteiger partial charge in [0.15, 0.2) is 0 Å². The summed E-state index contributed by atoms with van der Waals surface area (Å²) in [6, 6.07) is 13.7. The Morgan fingerprint density at radius 3 is 2.52 bits per heavy atom. The fourth-order valence-electron chi connectivity index (χ4n) is 5.27. The second-order valence-electron chi connectivity index (χ2n) is 9.65. The van der Waals surface area contributed by atoms with Crippen LogP contribution in [0.2, 0.25) is 0 Å². The molecule has 33 heavy (non-hydrogen) atoms. The van der Waals surface area contributed by atoms with Gasteiger partial charge in [0.1, 0.15) is 5.82 Å². The number of hydrogen-bond donors (Lipinski definition) is 1. The van der Waals surface area contributed by atoms with Crippen molar-refractivity contribution < 1.29 is 22.3 Å². The lowest BCUT2D eigenvalue weighted by Gasteiger charge is -2.32. The summed E-state index contributed by atoms with van der Waals surface area (Å²) in [4.78, 5) is 15.0. The minimum absolute atomic E-state index is 0.0478. The number of ether oxygens (including phenoxy) is 1. The molecule has 6 nitrogen and oxygen atoms in total. The summed E-state index contributed by atoms with van der Waals surface area (Å²) in [6.45, 7) is 1.16. The number of sulfonamides is 1. The van der Waals surface area contributed by atoms with Crippen molar-refractivity contribution in [3.63, 3.8) is 0 Å². The number of amides is 1. The Hall–Kier alpha value is -2.29. The molecule has 0 aromatic heterocycles. The molecule has 1 spiro atoms. The Labute approximate surface area is 194 Å². The van der Waals surface area contributed by atoms with Gasteiger partial charge < -0.3 is 9.64 Å². The first-order chi connectivity index (χ1) is 15.8. The summed E-state index contributed by atoms with van der Waals surface area (Å²) in [7, 11) is -3.50. The second-order valence-corrected chi connectivity index (χ2v) is 11.4. The summed E-state index contributed by atoms with van der Waals surface area (Å²) in [5, 5.41) is 0. The molecule has 2 saturated heterocycles. The van der Waals surface area contributed by atoms with E-state index < -0.39 is 22.1 Å². The van der Waals surface area contributed by atoms with Crippen molar-refractivity contribution in [3.05, 3.63) is 59.9 Å². The number of nitrogens with zero attached hydrogens (tertiary/aromatic N) is 1. The van der Waals surface area contributed by atoms with Crippen LogP contribution in [-0.2, 0) is 26.0 Å². The highest BCUT2D eigenvalue weighted by Gasteiger charge is 2.61. The van der Waals surface area contributed by atoms with E-state index in [2.05, 4.69) is 4.72 Å². The number of likely N-dealkylation sites (tertiary alicyclic amines) is 1. The number of hydrogen-bond acceptors (Lipinski definition) is 4. The molecule has 0 bridgehead atoms. The largest absolute Gasteiger partial charge is 0.377 e. The van der Waals surface area contributed by atoms with Gasteiger partial charge >= 0.3 is 0 Å². The highest BCUT2D eigenvalue weighted by Crippen LogP contribution is 2.55. The van der Waals surface area contributed by atoms with Gasteiger partial charge in [0, 0.05) is 30.2 Å². The quantitative estimate of drug-likeness (QED) is 0.672. The summed E-state index contributed by atoms with van der Waals surface area (Å²) >= 11 is 0. The van der Waals surface area contributed by atoms with Crippen LogP contribution in [0.5, 0.6) is 0 Å². The average Bonchev–Trinajstić information content (AvgIpc) is 3.47. The zero-order chi connectivity index (χ0) is 23.2. The maximum absolute atomic E-state index is 15.6. The molecule has 2 aromatic carbocycles. The molecular weight excluding hydrogens is 443 g/mol. The molecule has 2 aromatic rings. The minimum Gasteiger partial charge on any atom is -0.377 e. The van der Waals surface area contributed by atoms with Crippen LogP contribution in [0.15, 0.2) is 48.5 Å². The summed E-state index contributed by atoms with van der Waals surface area (Å²) in [6.07, 6.45) is 4.16. The number of carbonyl (C=O) groups is 1. The SMILES string of the molecule is CS(=O)(=O)N[C@@H]1[C@H](Cc2cccc(-c3ccccc3)c2F)N(C(=O)C[C@H]2CCO2)CC12CC2. The first-order valence-electron chi connectivity index (χ1n) is 11.5. The lowest BCUT2D eigenvalue weighted by atomic mass is 9.91. The topological polar surface area (TPSA) is 75.7 Å². The lowest BCUT2D eigenvalue weighted by molar-refractivity contribution is -0.140. The molecule has 0 unspecified atom stereocenters. The van der Waals surface area contributed by atoms with Crippen LogP contribution in [0.25, 0.3) is 11.1 Å². The van der Waals surface area contributed by atoms with Crippen LogP contribution in [-0.4, -0.2) is 56.8 Å². The molecule has 1 aliphatic carbocycles. The standard InChI is InChI=1S/C25H29FN2O4S/c1-33(30,31)27-24-21(28(16-25(24)11-12-25)22(29)15-19-10-13-32-19)14-18-8-5-9-20(23(18)26)17-6-3-2-4-7-17/h2-9,19,21,24,27H,10-16H2,1H3/t19-,21+,24-/m1/s1. The minimum atomic E-state index is -3.50. The molecule has 3 fully saturated rings. The number of halogens is 1. The van der Waals surface area contributed by atoms with E-state index >= 15 is 4.39 Å². The molecule has 0 radical (unpaired) electrons. The number of rotatable bonds is 7. The van der Waals surface area contributed by atoms with Gasteiger partial charge in [-0.3, -0.25) is 4.79 Å². The van der Waals surface area contributed by atoms with Crippen molar-refractivity contribution in [1.82, 2.24) is 9.62 Å². The highest BCUT2D eigenvalue weighted by atomic mass is 32.2. The fourth-order valence-corrected chi connectivity index (χ4v) is 6.14. The molecule has 8 heteroatoms. The zero-order valence-electron chi connectivity index (χ0n) is 18.7. The summed E-state index contributed by atoms with van der Waals surface area (Å²) in [5.74, 6) is -0.373. The van der Waals surface area contributed by atoms with E-state index in [4.69, 9.17) is 4.74 Å². The van der Waals surface area contributed by atoms with Crippen LogP contribution in [0.1, 0.15) is 31.2 Å². The van der Waals surface area contributed by atoms with Gasteiger partial charge in [-0.25, -0.2) is 17.5 Å². The van der Waals surface area contributed by atoms with Gasteiger partial charge in [-0.05, 0) is 36.8 Å². The van der Waals surface area contributed by atoms with Crippen LogP contribution < -0.4 is 4.72 Å². The molecule has 5 rings (SSSR count). The van der Waals surface area contributed by atoms with E-state index in [0.29, 0.717) is 24.3 Å². The average molecular weight is 473 g/mol. The number of carbonyl (C=O) groups excluding carboxylic acids is 1. The van der Waals surface area contributed by atoms with Crippen LogP contribution in [0.4, 0.5) is 4.39 Å². The smallest absolute Gasteiger partial charge is 0.225 e. The molecule has 2 aliphatic heterocycles. The second kappa shape index (κ2) is 8.49. The van der Waals surface area contributed by atoms with Crippen molar-refractivity contribution in [1.29, 1.82) is 0 Å². The third-order valence-electron chi connectivity index (χ3n) is 7.27. The van der Waals surface area contributed by atoms with Crippen LogP contribution in [0, 0.1) is 11.2 Å². The van der Waals surface area contributed by atoms with E-state index in [1.165, 1.54) is 0 Å². The van der Waals surface area contributed by atoms with Gasteiger partial charge in [-0.1, -0.05) is 48.5 Å². The molecule has 3 atom stereocenters. The van der Waals surface area contributed by atoms with E-state index in [-0.39, 0.29) is 36.1 Å². The summed E-state index contributed by atoms with van der Waals surface area (Å²) in [5.41, 5.74) is 1.50. The Bertz CT molecular complexity index is 1150. The Kier molecular flexibility index (Phi) is 5.79. The third-order valence-corrected chi connectivity index (χ3v) is 7.95.